The van der Waals surface area contributed by atoms with Crippen LogP contribution in [0, 0.1) is 6.92 Å². The highest BCUT2D eigenvalue weighted by Crippen LogP contribution is 2.44. The number of carbonyl (C=O) groups is 2. The van der Waals surface area contributed by atoms with Gasteiger partial charge in [-0.1, -0.05) is 12.1 Å². The maximum Gasteiger partial charge on any atom is 0.308 e. The first kappa shape index (κ1) is 16.9. The monoisotopic (exact) mass is 375 g/mol. The second kappa shape index (κ2) is 5.86. The maximum atomic E-state index is 13.2. The number of para-hydroxylation sites is 1. The van der Waals surface area contributed by atoms with E-state index < -0.39 is 0 Å². The van der Waals surface area contributed by atoms with Gasteiger partial charge in [-0.05, 0) is 48.7 Å². The summed E-state index contributed by atoms with van der Waals surface area (Å²) in [5.74, 6) is 0.282. The van der Waals surface area contributed by atoms with Gasteiger partial charge in [0, 0.05) is 31.4 Å². The molecule has 1 N–H and O–H groups in total. The van der Waals surface area contributed by atoms with Crippen LogP contribution >= 0.6 is 0 Å². The summed E-state index contributed by atoms with van der Waals surface area (Å²) in [6.07, 6.45) is 0.588. The molecule has 1 aromatic heterocycles. The second-order valence-electron chi connectivity index (χ2n) is 7.52. The Kier molecular flexibility index (Phi) is 3.53. The third kappa shape index (κ3) is 2.27. The minimum absolute atomic E-state index is 0.0757. The molecule has 0 saturated carbocycles. The van der Waals surface area contributed by atoms with E-state index in [0.29, 0.717) is 12.3 Å². The highest BCUT2D eigenvalue weighted by Gasteiger charge is 2.41. The number of amides is 1. The maximum absolute atomic E-state index is 13.2. The first-order chi connectivity index (χ1) is 13.5. The van der Waals surface area contributed by atoms with Crippen LogP contribution in [0.5, 0.6) is 5.75 Å². The molecule has 28 heavy (non-hydrogen) atoms. The lowest BCUT2D eigenvalue weighted by Crippen LogP contribution is -2.51. The van der Waals surface area contributed by atoms with Crippen LogP contribution in [-0.2, 0) is 11.2 Å². The molecule has 2 aromatic carbocycles. The van der Waals surface area contributed by atoms with Gasteiger partial charge < -0.3 is 19.5 Å². The summed E-state index contributed by atoms with van der Waals surface area (Å²) in [5.41, 5.74) is 6.04. The summed E-state index contributed by atoms with van der Waals surface area (Å²) in [4.78, 5) is 32.1. The molecular weight excluding hydrogens is 354 g/mol. The van der Waals surface area contributed by atoms with E-state index in [2.05, 4.69) is 9.88 Å². The van der Waals surface area contributed by atoms with Gasteiger partial charge >= 0.3 is 5.97 Å². The minimum atomic E-state index is -0.334. The average Bonchev–Trinajstić information content (AvgIpc) is 3.03. The first-order valence-electron chi connectivity index (χ1n) is 9.42. The SMILES string of the molecule is CC(=O)Oc1ccc2[nH]c3c(c2c1)CCN1C(=O)c2cccc(C)c2N(C)[C@H]31. The van der Waals surface area contributed by atoms with Crippen LogP contribution in [0.2, 0.25) is 0 Å². The van der Waals surface area contributed by atoms with Crippen molar-refractivity contribution in [3.05, 3.63) is 58.8 Å². The van der Waals surface area contributed by atoms with Crippen molar-refractivity contribution in [2.24, 2.45) is 0 Å². The minimum Gasteiger partial charge on any atom is -0.427 e. The standard InChI is InChI=1S/C22H21N3O3/c1-12-5-4-6-16-20(12)24(3)21-19-15(9-10-25(21)22(16)27)17-11-14(28-13(2)26)7-8-18(17)23-19/h4-8,11,21,23H,9-10H2,1-3H3/t21-/m0/s1. The number of aryl methyl sites for hydroxylation is 1. The number of rotatable bonds is 1. The van der Waals surface area contributed by atoms with Crippen molar-refractivity contribution in [1.29, 1.82) is 0 Å². The number of anilines is 1. The normalized spacial score (nSPS) is 18.0. The molecule has 1 atom stereocenters. The quantitative estimate of drug-likeness (QED) is 0.522. The molecule has 3 heterocycles. The van der Waals surface area contributed by atoms with Crippen molar-refractivity contribution in [2.75, 3.05) is 18.5 Å². The van der Waals surface area contributed by atoms with Crippen LogP contribution in [0.3, 0.4) is 0 Å². The third-order valence-electron chi connectivity index (χ3n) is 5.78. The van der Waals surface area contributed by atoms with Crippen molar-refractivity contribution in [1.82, 2.24) is 9.88 Å². The molecule has 6 heteroatoms. The van der Waals surface area contributed by atoms with Crippen molar-refractivity contribution < 1.29 is 14.3 Å². The van der Waals surface area contributed by atoms with Gasteiger partial charge in [0.05, 0.1) is 16.9 Å². The van der Waals surface area contributed by atoms with Gasteiger partial charge in [0.25, 0.3) is 5.91 Å². The molecule has 5 rings (SSSR count). The Bertz CT molecular complexity index is 1150. The van der Waals surface area contributed by atoms with Gasteiger partial charge in [0.15, 0.2) is 0 Å². The number of hydrogen-bond donors (Lipinski definition) is 1. The number of H-pyrrole nitrogens is 1. The molecule has 2 aliphatic rings. The van der Waals surface area contributed by atoms with E-state index in [-0.39, 0.29) is 18.0 Å². The smallest absolute Gasteiger partial charge is 0.308 e. The summed E-state index contributed by atoms with van der Waals surface area (Å²) < 4.78 is 5.26. The topological polar surface area (TPSA) is 65.6 Å². The average molecular weight is 375 g/mol. The van der Waals surface area contributed by atoms with E-state index in [1.54, 1.807) is 6.07 Å². The number of carbonyl (C=O) groups excluding carboxylic acids is 2. The molecule has 0 fully saturated rings. The Morgan fingerprint density at radius 1 is 1.25 bits per heavy atom. The van der Waals surface area contributed by atoms with Crippen LogP contribution in [0.25, 0.3) is 10.9 Å². The number of esters is 1. The number of ether oxygens (including phenoxy) is 1. The number of benzene rings is 2. The fourth-order valence-electron chi connectivity index (χ4n) is 4.67. The number of nitrogens with zero attached hydrogens (tertiary/aromatic N) is 2. The molecule has 2 aliphatic heterocycles. The second-order valence-corrected chi connectivity index (χ2v) is 7.52. The zero-order chi connectivity index (χ0) is 19.6. The molecule has 0 radical (unpaired) electrons. The number of fused-ring (bicyclic) bond motifs is 6. The molecule has 6 nitrogen and oxygen atoms in total. The summed E-state index contributed by atoms with van der Waals surface area (Å²) in [5, 5.41) is 1.05. The lowest BCUT2D eigenvalue weighted by Gasteiger charge is -2.46. The van der Waals surface area contributed by atoms with Crippen LogP contribution in [0.15, 0.2) is 36.4 Å². The predicted molar refractivity (Wildman–Crippen MR) is 107 cm³/mol. The summed E-state index contributed by atoms with van der Waals surface area (Å²) in [6.45, 7) is 4.09. The summed E-state index contributed by atoms with van der Waals surface area (Å²) >= 11 is 0. The largest absolute Gasteiger partial charge is 0.427 e. The Hall–Kier alpha value is -3.28. The van der Waals surface area contributed by atoms with E-state index in [1.165, 1.54) is 12.5 Å². The van der Waals surface area contributed by atoms with Crippen LogP contribution in [0.4, 0.5) is 5.69 Å². The molecule has 142 valence electrons. The van der Waals surface area contributed by atoms with Gasteiger partial charge in [0.1, 0.15) is 11.9 Å². The molecule has 0 aliphatic carbocycles. The van der Waals surface area contributed by atoms with Crippen molar-refractivity contribution in [3.63, 3.8) is 0 Å². The molecule has 1 amide bonds. The Morgan fingerprint density at radius 3 is 2.86 bits per heavy atom. The molecule has 0 spiro atoms. The lowest BCUT2D eigenvalue weighted by atomic mass is 9.94. The van der Waals surface area contributed by atoms with Gasteiger partial charge in [-0.3, -0.25) is 9.59 Å². The highest BCUT2D eigenvalue weighted by atomic mass is 16.5. The van der Waals surface area contributed by atoms with Gasteiger partial charge in [-0.2, -0.15) is 0 Å². The molecule has 0 unspecified atom stereocenters. The molecule has 0 saturated heterocycles. The number of hydrogen-bond acceptors (Lipinski definition) is 4. The van der Waals surface area contributed by atoms with Crippen LogP contribution in [0.1, 0.15) is 40.3 Å². The van der Waals surface area contributed by atoms with E-state index in [4.69, 9.17) is 4.74 Å². The van der Waals surface area contributed by atoms with Gasteiger partial charge in [0.2, 0.25) is 0 Å². The molecular formula is C22H21N3O3. The number of nitrogens with one attached hydrogen (secondary N) is 1. The Labute approximate surface area is 162 Å². The summed E-state index contributed by atoms with van der Waals surface area (Å²) in [6, 6.07) is 11.5. The number of aromatic amines is 1. The lowest BCUT2D eigenvalue weighted by molar-refractivity contribution is -0.131. The van der Waals surface area contributed by atoms with Gasteiger partial charge in [-0.15, -0.1) is 0 Å². The summed E-state index contributed by atoms with van der Waals surface area (Å²) in [7, 11) is 2.04. The van der Waals surface area contributed by atoms with E-state index in [9.17, 15) is 9.59 Å². The zero-order valence-corrected chi connectivity index (χ0v) is 16.1. The Morgan fingerprint density at radius 2 is 2.07 bits per heavy atom. The first-order valence-corrected chi connectivity index (χ1v) is 9.42. The van der Waals surface area contributed by atoms with Crippen molar-refractivity contribution >= 4 is 28.5 Å². The number of aromatic nitrogens is 1. The van der Waals surface area contributed by atoms with E-state index >= 15 is 0 Å². The zero-order valence-electron chi connectivity index (χ0n) is 16.1. The van der Waals surface area contributed by atoms with Gasteiger partial charge in [-0.25, -0.2) is 0 Å². The fraction of sp³-hybridized carbons (Fsp3) is 0.273. The van der Waals surface area contributed by atoms with Crippen LogP contribution < -0.4 is 9.64 Å². The van der Waals surface area contributed by atoms with E-state index in [0.717, 1.165) is 39.8 Å². The Balaban J connectivity index is 1.67. The predicted octanol–water partition coefficient (Wildman–Crippen LogP) is 3.55. The van der Waals surface area contributed by atoms with Crippen molar-refractivity contribution in [2.45, 2.75) is 26.4 Å². The third-order valence-corrected chi connectivity index (χ3v) is 5.78. The van der Waals surface area contributed by atoms with Crippen molar-refractivity contribution in [3.8, 4) is 5.75 Å². The van der Waals surface area contributed by atoms with E-state index in [1.807, 2.05) is 49.2 Å². The van der Waals surface area contributed by atoms with Crippen LogP contribution in [-0.4, -0.2) is 35.4 Å². The highest BCUT2D eigenvalue weighted by molar-refractivity contribution is 6.03. The molecule has 0 bridgehead atoms. The fourth-order valence-corrected chi connectivity index (χ4v) is 4.67. The molecule has 3 aromatic rings.